The number of rotatable bonds is 4. The smallest absolute Gasteiger partial charge is 0.310 e. The number of aliphatic carboxylic acids is 1. The number of hydrogen-bond donors (Lipinski definition) is 1. The van der Waals surface area contributed by atoms with Crippen molar-refractivity contribution in [1.29, 1.82) is 0 Å². The Morgan fingerprint density at radius 3 is 2.15 bits per heavy atom. The molecule has 3 nitrogen and oxygen atoms in total. The van der Waals surface area contributed by atoms with E-state index in [1.54, 1.807) is 55.5 Å². The van der Waals surface area contributed by atoms with Gasteiger partial charge in [-0.2, -0.15) is 0 Å². The largest absolute Gasteiger partial charge is 0.481 e. The van der Waals surface area contributed by atoms with Crippen LogP contribution < -0.4 is 0 Å². The molecule has 0 saturated carbocycles. The molecule has 0 aliphatic heterocycles. The van der Waals surface area contributed by atoms with Crippen LogP contribution in [0.3, 0.4) is 0 Å². The van der Waals surface area contributed by atoms with E-state index in [1.807, 2.05) is 6.07 Å². The molecule has 0 saturated heterocycles. The fourth-order valence-corrected chi connectivity index (χ4v) is 1.85. The van der Waals surface area contributed by atoms with E-state index >= 15 is 0 Å². The van der Waals surface area contributed by atoms with Crippen LogP contribution in [0.2, 0.25) is 0 Å². The van der Waals surface area contributed by atoms with Gasteiger partial charge in [-0.15, -0.1) is 0 Å². The molecule has 0 unspecified atom stereocenters. The third-order valence-electron chi connectivity index (χ3n) is 3.06. The molecule has 1 atom stereocenters. The molecule has 0 spiro atoms. The molecule has 0 heterocycles. The number of benzene rings is 2. The van der Waals surface area contributed by atoms with E-state index in [9.17, 15) is 9.59 Å². The maximum absolute atomic E-state index is 12.2. The second kappa shape index (κ2) is 7.39. The van der Waals surface area contributed by atoms with Gasteiger partial charge in [-0.25, -0.2) is 0 Å². The zero-order valence-corrected chi connectivity index (χ0v) is 13.5. The van der Waals surface area contributed by atoms with Gasteiger partial charge in [-0.05, 0) is 18.6 Å². The summed E-state index contributed by atoms with van der Waals surface area (Å²) in [6.45, 7) is 1.61. The van der Waals surface area contributed by atoms with E-state index in [2.05, 4.69) is 0 Å². The van der Waals surface area contributed by atoms with Crippen LogP contribution in [0.4, 0.5) is 0 Å². The number of carbonyl (C=O) groups is 2. The topological polar surface area (TPSA) is 54.4 Å². The van der Waals surface area contributed by atoms with Crippen molar-refractivity contribution < 1.29 is 14.7 Å². The van der Waals surface area contributed by atoms with Crippen molar-refractivity contribution in [3.8, 4) is 0 Å². The van der Waals surface area contributed by atoms with Gasteiger partial charge in [0.2, 0.25) is 0 Å². The van der Waals surface area contributed by atoms with Gasteiger partial charge < -0.3 is 5.11 Å². The first kappa shape index (κ1) is 16.6. The Bertz CT molecular complexity index is 608. The summed E-state index contributed by atoms with van der Waals surface area (Å²) in [6, 6.07) is 15.7. The molecule has 1 radical (unpaired) electrons. The Kier molecular flexibility index (Phi) is 6.14. The minimum Gasteiger partial charge on any atom is -0.481 e. The standard InChI is InChI=1S/C16H14O3.Na/c1-11(16(18)19)13-8-5-9-14(10-13)15(17)12-6-3-2-4-7-12;/h2-11H,1H3,(H,18,19);/t11-;/m0./s1. The summed E-state index contributed by atoms with van der Waals surface area (Å²) in [6.07, 6.45) is 0. The predicted octanol–water partition coefficient (Wildman–Crippen LogP) is 2.72. The van der Waals surface area contributed by atoms with E-state index < -0.39 is 11.9 Å². The number of carboxylic acids is 1. The van der Waals surface area contributed by atoms with Crippen molar-refractivity contribution in [2.75, 3.05) is 0 Å². The van der Waals surface area contributed by atoms with Gasteiger partial charge in [-0.3, -0.25) is 9.59 Å². The van der Waals surface area contributed by atoms with Crippen molar-refractivity contribution in [1.82, 2.24) is 0 Å². The van der Waals surface area contributed by atoms with Crippen molar-refractivity contribution >= 4 is 41.3 Å². The van der Waals surface area contributed by atoms with E-state index in [0.717, 1.165) is 0 Å². The number of carbonyl (C=O) groups excluding carboxylic acids is 1. The van der Waals surface area contributed by atoms with E-state index in [-0.39, 0.29) is 35.3 Å². The van der Waals surface area contributed by atoms with Crippen LogP contribution in [0.15, 0.2) is 54.6 Å². The molecule has 2 aromatic rings. The molecule has 4 heteroatoms. The summed E-state index contributed by atoms with van der Waals surface area (Å²) >= 11 is 0. The van der Waals surface area contributed by atoms with Gasteiger partial charge >= 0.3 is 5.97 Å². The number of ketones is 1. The van der Waals surface area contributed by atoms with Gasteiger partial charge in [-0.1, -0.05) is 48.5 Å². The van der Waals surface area contributed by atoms with E-state index in [1.165, 1.54) is 0 Å². The van der Waals surface area contributed by atoms with Gasteiger partial charge in [0.15, 0.2) is 5.78 Å². The molecule has 20 heavy (non-hydrogen) atoms. The summed E-state index contributed by atoms with van der Waals surface area (Å²) in [7, 11) is 0. The second-order valence-electron chi connectivity index (χ2n) is 4.38. The monoisotopic (exact) mass is 277 g/mol. The first-order valence-corrected chi connectivity index (χ1v) is 6.02. The SMILES string of the molecule is C[C@H](C(=O)O)c1cccc(C(=O)c2ccccc2)c1.[Na]. The van der Waals surface area contributed by atoms with Crippen molar-refractivity contribution in [3.05, 3.63) is 71.3 Å². The first-order valence-electron chi connectivity index (χ1n) is 6.02. The third kappa shape index (κ3) is 3.79. The van der Waals surface area contributed by atoms with E-state index in [0.29, 0.717) is 16.7 Å². The summed E-state index contributed by atoms with van der Waals surface area (Å²) in [4.78, 5) is 23.2. The van der Waals surface area contributed by atoms with Crippen LogP contribution in [0, 0.1) is 0 Å². The van der Waals surface area contributed by atoms with Crippen LogP contribution in [-0.2, 0) is 4.79 Å². The Morgan fingerprint density at radius 1 is 0.950 bits per heavy atom. The molecule has 1 N–H and O–H groups in total. The minimum absolute atomic E-state index is 0. The normalized spacial score (nSPS) is 11.2. The fourth-order valence-electron chi connectivity index (χ4n) is 1.85. The first-order chi connectivity index (χ1) is 9.09. The molecule has 0 aliphatic rings. The summed E-state index contributed by atoms with van der Waals surface area (Å²) in [5.41, 5.74) is 1.74. The minimum atomic E-state index is -0.899. The van der Waals surface area contributed by atoms with Crippen molar-refractivity contribution in [2.24, 2.45) is 0 Å². The molecule has 0 bridgehead atoms. The molecular weight excluding hydrogens is 263 g/mol. The molecule has 97 valence electrons. The van der Waals surface area contributed by atoms with Gasteiger partial charge in [0.25, 0.3) is 0 Å². The number of hydrogen-bond acceptors (Lipinski definition) is 2. The maximum atomic E-state index is 12.2. The maximum Gasteiger partial charge on any atom is 0.310 e. The van der Waals surface area contributed by atoms with Crippen LogP contribution >= 0.6 is 0 Å². The van der Waals surface area contributed by atoms with Crippen molar-refractivity contribution in [2.45, 2.75) is 12.8 Å². The molecule has 2 aromatic carbocycles. The second-order valence-corrected chi connectivity index (χ2v) is 4.38. The average molecular weight is 277 g/mol. The molecule has 2 rings (SSSR count). The fraction of sp³-hybridized carbons (Fsp3) is 0.125. The molecule has 0 amide bonds. The van der Waals surface area contributed by atoms with Crippen molar-refractivity contribution in [3.63, 3.8) is 0 Å². The Morgan fingerprint density at radius 2 is 1.55 bits per heavy atom. The summed E-state index contributed by atoms with van der Waals surface area (Å²) in [5, 5.41) is 9.00. The van der Waals surface area contributed by atoms with Crippen LogP contribution in [0.25, 0.3) is 0 Å². The Hall–Kier alpha value is -1.42. The quantitative estimate of drug-likeness (QED) is 0.690. The zero-order chi connectivity index (χ0) is 13.8. The van der Waals surface area contributed by atoms with E-state index in [4.69, 9.17) is 5.11 Å². The van der Waals surface area contributed by atoms with Crippen LogP contribution in [0.1, 0.15) is 34.3 Å². The predicted molar refractivity (Wildman–Crippen MR) is 78.1 cm³/mol. The summed E-state index contributed by atoms with van der Waals surface area (Å²) in [5.74, 6) is -1.62. The Labute approximate surface area is 139 Å². The van der Waals surface area contributed by atoms with Crippen LogP contribution in [-0.4, -0.2) is 46.4 Å². The number of carboxylic acid groups (broad SMARTS) is 1. The molecular formula is C16H14NaO3. The average Bonchev–Trinajstić information content (AvgIpc) is 2.46. The third-order valence-corrected chi connectivity index (χ3v) is 3.06. The van der Waals surface area contributed by atoms with Crippen LogP contribution in [0.5, 0.6) is 0 Å². The Balaban J connectivity index is 0.00000200. The molecule has 0 aromatic heterocycles. The molecule has 0 fully saturated rings. The van der Waals surface area contributed by atoms with Gasteiger partial charge in [0.1, 0.15) is 0 Å². The van der Waals surface area contributed by atoms with Gasteiger partial charge in [0, 0.05) is 40.7 Å². The zero-order valence-electron chi connectivity index (χ0n) is 11.5. The summed E-state index contributed by atoms with van der Waals surface area (Å²) < 4.78 is 0. The van der Waals surface area contributed by atoms with Gasteiger partial charge in [0.05, 0.1) is 5.92 Å². The molecule has 0 aliphatic carbocycles.